The van der Waals surface area contributed by atoms with E-state index in [1.54, 1.807) is 6.26 Å². The van der Waals surface area contributed by atoms with E-state index in [2.05, 4.69) is 15.3 Å². The highest BCUT2D eigenvalue weighted by Crippen LogP contribution is 2.33. The van der Waals surface area contributed by atoms with Gasteiger partial charge in [0.1, 0.15) is 17.2 Å². The monoisotopic (exact) mass is 441 g/mol. The summed E-state index contributed by atoms with van der Waals surface area (Å²) in [5.74, 6) is 1.95. The third-order valence-electron chi connectivity index (χ3n) is 5.62. The van der Waals surface area contributed by atoms with Crippen LogP contribution in [-0.2, 0) is 13.1 Å². The minimum absolute atomic E-state index is 0.00393. The zero-order chi connectivity index (χ0) is 22.4. The number of furan rings is 1. The maximum absolute atomic E-state index is 12.9. The third kappa shape index (κ3) is 3.30. The van der Waals surface area contributed by atoms with Crippen molar-refractivity contribution in [2.24, 2.45) is 0 Å². The molecule has 1 aliphatic heterocycles. The standard InChI is InChI=1S/C24H19N5O4/c25-21-20-16-5-1-2-6-17(16)29(12-15-4-3-9-31-15)23(20)28-22(27-21)24(30)26-11-14-7-8-18-19(10-14)33-13-32-18/h1-10H,11-13H2,(H,26,30)(H2,25,27,28). The Balaban J connectivity index is 1.35. The molecule has 1 aliphatic rings. The number of anilines is 1. The van der Waals surface area contributed by atoms with Crippen molar-refractivity contribution in [3.8, 4) is 11.5 Å². The molecule has 0 saturated carbocycles. The minimum atomic E-state index is -0.420. The summed E-state index contributed by atoms with van der Waals surface area (Å²) in [6, 6.07) is 17.1. The molecule has 4 heterocycles. The molecule has 2 aromatic carbocycles. The number of nitrogen functional groups attached to an aromatic ring is 1. The Kier molecular flexibility index (Phi) is 4.39. The number of carbonyl (C=O) groups is 1. The van der Waals surface area contributed by atoms with E-state index in [4.69, 9.17) is 19.6 Å². The summed E-state index contributed by atoms with van der Waals surface area (Å²) in [6.07, 6.45) is 1.63. The van der Waals surface area contributed by atoms with Gasteiger partial charge in [-0.25, -0.2) is 9.97 Å². The second-order valence-electron chi connectivity index (χ2n) is 7.68. The molecule has 9 heteroatoms. The van der Waals surface area contributed by atoms with Crippen LogP contribution in [0.2, 0.25) is 0 Å². The van der Waals surface area contributed by atoms with Crippen LogP contribution in [0.5, 0.6) is 11.5 Å². The van der Waals surface area contributed by atoms with Crippen LogP contribution in [0.1, 0.15) is 21.9 Å². The second-order valence-corrected chi connectivity index (χ2v) is 7.68. The highest BCUT2D eigenvalue weighted by atomic mass is 16.7. The lowest BCUT2D eigenvalue weighted by atomic mass is 10.2. The van der Waals surface area contributed by atoms with Crippen molar-refractivity contribution in [1.82, 2.24) is 19.9 Å². The number of rotatable bonds is 5. The number of aromatic nitrogens is 3. The molecular formula is C24H19N5O4. The first-order chi connectivity index (χ1) is 16.2. The summed E-state index contributed by atoms with van der Waals surface area (Å²) in [5, 5.41) is 4.49. The fraction of sp³-hybridized carbons (Fsp3) is 0.125. The zero-order valence-electron chi connectivity index (χ0n) is 17.4. The molecule has 3 N–H and O–H groups in total. The van der Waals surface area contributed by atoms with Crippen molar-refractivity contribution in [1.29, 1.82) is 0 Å². The predicted molar refractivity (Wildman–Crippen MR) is 121 cm³/mol. The lowest BCUT2D eigenvalue weighted by Crippen LogP contribution is -2.25. The van der Waals surface area contributed by atoms with E-state index in [1.807, 2.05) is 59.2 Å². The van der Waals surface area contributed by atoms with E-state index in [1.165, 1.54) is 0 Å². The van der Waals surface area contributed by atoms with Gasteiger partial charge in [-0.15, -0.1) is 0 Å². The second kappa shape index (κ2) is 7.56. The quantitative estimate of drug-likeness (QED) is 0.429. The summed E-state index contributed by atoms with van der Waals surface area (Å²) >= 11 is 0. The van der Waals surface area contributed by atoms with Crippen LogP contribution in [0.3, 0.4) is 0 Å². The highest BCUT2D eigenvalue weighted by molar-refractivity contribution is 6.12. The topological polar surface area (TPSA) is 117 Å². The zero-order valence-corrected chi connectivity index (χ0v) is 17.4. The number of fused-ring (bicyclic) bond motifs is 4. The van der Waals surface area contributed by atoms with E-state index >= 15 is 0 Å². The van der Waals surface area contributed by atoms with Crippen molar-refractivity contribution >= 4 is 33.7 Å². The first-order valence-electron chi connectivity index (χ1n) is 10.4. The molecule has 6 rings (SSSR count). The van der Waals surface area contributed by atoms with E-state index in [-0.39, 0.29) is 25.0 Å². The number of nitrogens with zero attached hydrogens (tertiary/aromatic N) is 3. The summed E-state index contributed by atoms with van der Waals surface area (Å²) in [6.45, 7) is 0.933. The summed E-state index contributed by atoms with van der Waals surface area (Å²) < 4.78 is 18.2. The van der Waals surface area contributed by atoms with Gasteiger partial charge >= 0.3 is 0 Å². The molecule has 0 atom stereocenters. The van der Waals surface area contributed by atoms with Gasteiger partial charge in [-0.1, -0.05) is 24.3 Å². The van der Waals surface area contributed by atoms with Crippen molar-refractivity contribution < 1.29 is 18.7 Å². The number of benzene rings is 2. The smallest absolute Gasteiger partial charge is 0.289 e. The average molecular weight is 441 g/mol. The van der Waals surface area contributed by atoms with Crippen LogP contribution < -0.4 is 20.5 Å². The fourth-order valence-electron chi connectivity index (χ4n) is 4.09. The SMILES string of the molecule is Nc1nc(C(=O)NCc2ccc3c(c2)OCO3)nc2c1c1ccccc1n2Cc1ccco1. The Morgan fingerprint density at radius 2 is 1.94 bits per heavy atom. The molecule has 9 nitrogen and oxygen atoms in total. The van der Waals surface area contributed by atoms with Crippen LogP contribution in [0.15, 0.2) is 65.3 Å². The third-order valence-corrected chi connectivity index (χ3v) is 5.62. The fourth-order valence-corrected chi connectivity index (χ4v) is 4.09. The summed E-state index contributed by atoms with van der Waals surface area (Å²) in [4.78, 5) is 21.8. The first-order valence-corrected chi connectivity index (χ1v) is 10.4. The predicted octanol–water partition coefficient (Wildman–Crippen LogP) is 3.47. The molecule has 0 unspecified atom stereocenters. The van der Waals surface area contributed by atoms with Gasteiger partial charge in [0.25, 0.3) is 5.91 Å². The molecular weight excluding hydrogens is 422 g/mol. The normalized spacial score (nSPS) is 12.5. The number of carbonyl (C=O) groups excluding carboxylic acids is 1. The molecule has 1 amide bonds. The van der Waals surface area contributed by atoms with Crippen molar-refractivity contribution in [2.75, 3.05) is 12.5 Å². The van der Waals surface area contributed by atoms with Gasteiger partial charge in [-0.2, -0.15) is 0 Å². The van der Waals surface area contributed by atoms with Gasteiger partial charge in [-0.3, -0.25) is 4.79 Å². The molecule has 0 radical (unpaired) electrons. The Bertz CT molecular complexity index is 1510. The summed E-state index contributed by atoms with van der Waals surface area (Å²) in [5.41, 5.74) is 8.70. The van der Waals surface area contributed by atoms with E-state index < -0.39 is 5.91 Å². The molecule has 0 aliphatic carbocycles. The van der Waals surface area contributed by atoms with Gasteiger partial charge in [0.05, 0.1) is 23.7 Å². The maximum Gasteiger partial charge on any atom is 0.289 e. The van der Waals surface area contributed by atoms with Gasteiger partial charge in [-0.05, 0) is 35.9 Å². The number of hydrogen-bond acceptors (Lipinski definition) is 7. The van der Waals surface area contributed by atoms with Crippen molar-refractivity contribution in [3.63, 3.8) is 0 Å². The Hall–Kier alpha value is -4.53. The molecule has 33 heavy (non-hydrogen) atoms. The Morgan fingerprint density at radius 3 is 2.82 bits per heavy atom. The lowest BCUT2D eigenvalue weighted by molar-refractivity contribution is 0.0941. The van der Waals surface area contributed by atoms with Crippen molar-refractivity contribution in [3.05, 3.63) is 78.0 Å². The minimum Gasteiger partial charge on any atom is -0.467 e. The van der Waals surface area contributed by atoms with E-state index in [0.717, 1.165) is 22.2 Å². The first kappa shape index (κ1) is 19.2. The number of nitrogens with two attached hydrogens (primary N) is 1. The number of ether oxygens (including phenoxy) is 2. The molecule has 0 bridgehead atoms. The molecule has 3 aromatic heterocycles. The van der Waals surface area contributed by atoms with E-state index in [9.17, 15) is 4.79 Å². The summed E-state index contributed by atoms with van der Waals surface area (Å²) in [7, 11) is 0. The van der Waals surface area contributed by atoms with Crippen LogP contribution in [0.4, 0.5) is 5.82 Å². The van der Waals surface area contributed by atoms with Crippen LogP contribution >= 0.6 is 0 Å². The van der Waals surface area contributed by atoms with E-state index in [0.29, 0.717) is 29.1 Å². The number of para-hydroxylation sites is 1. The number of amides is 1. The molecule has 0 fully saturated rings. The maximum atomic E-state index is 12.9. The number of hydrogen-bond donors (Lipinski definition) is 2. The van der Waals surface area contributed by atoms with Crippen LogP contribution in [0.25, 0.3) is 21.9 Å². The van der Waals surface area contributed by atoms with Gasteiger partial charge < -0.3 is 29.5 Å². The van der Waals surface area contributed by atoms with Gasteiger partial charge in [0.15, 0.2) is 11.5 Å². The Morgan fingerprint density at radius 1 is 1.06 bits per heavy atom. The molecule has 5 aromatic rings. The molecule has 0 spiro atoms. The van der Waals surface area contributed by atoms with Crippen molar-refractivity contribution in [2.45, 2.75) is 13.1 Å². The van der Waals surface area contributed by atoms with Crippen LogP contribution in [-0.4, -0.2) is 27.2 Å². The van der Waals surface area contributed by atoms with Gasteiger partial charge in [0, 0.05) is 11.9 Å². The molecule has 164 valence electrons. The largest absolute Gasteiger partial charge is 0.467 e. The van der Waals surface area contributed by atoms with Crippen LogP contribution in [0, 0.1) is 0 Å². The molecule has 0 saturated heterocycles. The van der Waals surface area contributed by atoms with Gasteiger partial charge in [0.2, 0.25) is 12.6 Å². The number of nitrogens with one attached hydrogen (secondary N) is 1. The highest BCUT2D eigenvalue weighted by Gasteiger charge is 2.20. The Labute approximate surface area is 187 Å². The average Bonchev–Trinajstić information content (AvgIpc) is 3.57. The lowest BCUT2D eigenvalue weighted by Gasteiger charge is -2.08.